The maximum absolute atomic E-state index is 8.86. The maximum Gasteiger partial charge on any atom is 0.0861 e. The fourth-order valence-electron chi connectivity index (χ4n) is 0.535. The van der Waals surface area contributed by atoms with Gasteiger partial charge in [0.1, 0.15) is 0 Å². The molecule has 0 radical (unpaired) electrons. The van der Waals surface area contributed by atoms with E-state index in [1.807, 2.05) is 0 Å². The summed E-state index contributed by atoms with van der Waals surface area (Å²) in [5, 5.41) is 18.1. The summed E-state index contributed by atoms with van der Waals surface area (Å²) < 4.78 is 0. The van der Waals surface area contributed by atoms with E-state index in [9.17, 15) is 0 Å². The van der Waals surface area contributed by atoms with Crippen molar-refractivity contribution in [3.63, 3.8) is 0 Å². The second-order valence-corrected chi connectivity index (χ2v) is 3.70. The minimum atomic E-state index is -0.504. The Morgan fingerprint density at radius 2 is 2.22 bits per heavy atom. The Morgan fingerprint density at radius 1 is 1.56 bits per heavy atom. The fourth-order valence-corrected chi connectivity index (χ4v) is 1.60. The Bertz CT molecular complexity index is 83.1. The summed E-state index contributed by atoms with van der Waals surface area (Å²) >= 11 is 1.77. The average Bonchev–Trinajstić information content (AvgIpc) is 2.65. The van der Waals surface area contributed by atoms with Crippen LogP contribution < -0.4 is 0 Å². The molecular weight excluding hydrogens is 136 g/mol. The van der Waals surface area contributed by atoms with E-state index < -0.39 is 6.10 Å². The molecular formula is C6H12O2S. The molecule has 0 amide bonds. The molecule has 1 unspecified atom stereocenters. The first-order chi connectivity index (χ1) is 4.33. The van der Waals surface area contributed by atoms with Crippen molar-refractivity contribution in [3.8, 4) is 0 Å². The van der Waals surface area contributed by atoms with Gasteiger partial charge in [-0.1, -0.05) is 0 Å². The topological polar surface area (TPSA) is 40.5 Å². The van der Waals surface area contributed by atoms with Gasteiger partial charge in [-0.3, -0.25) is 0 Å². The lowest BCUT2D eigenvalue weighted by atomic mass is 10.4. The second kappa shape index (κ2) is 3.44. The first-order valence-electron chi connectivity index (χ1n) is 3.23. The molecule has 1 aliphatic carbocycles. The first-order valence-corrected chi connectivity index (χ1v) is 4.28. The molecule has 1 rings (SSSR count). The lowest BCUT2D eigenvalue weighted by molar-refractivity contribution is 0.113. The van der Waals surface area contributed by atoms with E-state index in [1.54, 1.807) is 11.8 Å². The third kappa shape index (κ3) is 3.08. The summed E-state index contributed by atoms with van der Waals surface area (Å²) in [5.41, 5.74) is 0. The molecule has 1 saturated carbocycles. The van der Waals surface area contributed by atoms with Gasteiger partial charge < -0.3 is 10.2 Å². The quantitative estimate of drug-likeness (QED) is 0.600. The van der Waals surface area contributed by atoms with Crippen LogP contribution in [0.4, 0.5) is 0 Å². The van der Waals surface area contributed by atoms with Crippen molar-refractivity contribution in [2.75, 3.05) is 12.4 Å². The Labute approximate surface area is 59.3 Å². The van der Waals surface area contributed by atoms with Crippen LogP contribution in [-0.2, 0) is 0 Å². The highest BCUT2D eigenvalue weighted by Gasteiger charge is 2.22. The molecule has 0 spiro atoms. The molecule has 2 N–H and O–H groups in total. The predicted octanol–water partition coefficient (Wildman–Crippen LogP) is 0.235. The predicted molar refractivity (Wildman–Crippen MR) is 38.6 cm³/mol. The summed E-state index contributed by atoms with van der Waals surface area (Å²) in [6.45, 7) is -0.0975. The number of hydrogen-bond donors (Lipinski definition) is 2. The minimum Gasteiger partial charge on any atom is -0.394 e. The van der Waals surface area contributed by atoms with Gasteiger partial charge in [0.05, 0.1) is 12.7 Å². The van der Waals surface area contributed by atoms with Crippen molar-refractivity contribution in [3.05, 3.63) is 0 Å². The van der Waals surface area contributed by atoms with Gasteiger partial charge in [-0.25, -0.2) is 0 Å². The van der Waals surface area contributed by atoms with Gasteiger partial charge in [-0.15, -0.1) is 0 Å². The molecule has 0 bridgehead atoms. The highest BCUT2D eigenvalue weighted by molar-refractivity contribution is 8.00. The Kier molecular flexibility index (Phi) is 2.82. The van der Waals surface area contributed by atoms with Gasteiger partial charge in [-0.05, 0) is 12.8 Å². The van der Waals surface area contributed by atoms with Gasteiger partial charge >= 0.3 is 0 Å². The lowest BCUT2D eigenvalue weighted by Crippen LogP contribution is -2.14. The molecule has 0 heterocycles. The van der Waals surface area contributed by atoms with Crippen LogP contribution in [0.25, 0.3) is 0 Å². The molecule has 2 nitrogen and oxygen atoms in total. The third-order valence-electron chi connectivity index (χ3n) is 1.26. The molecule has 1 atom stereocenters. The first kappa shape index (κ1) is 7.38. The van der Waals surface area contributed by atoms with E-state index in [4.69, 9.17) is 10.2 Å². The van der Waals surface area contributed by atoms with Crippen LogP contribution in [0.15, 0.2) is 0 Å². The zero-order valence-corrected chi connectivity index (χ0v) is 6.10. The summed E-state index contributed by atoms with van der Waals surface area (Å²) in [7, 11) is 0. The Hall–Kier alpha value is 0.270. The smallest absolute Gasteiger partial charge is 0.0861 e. The number of aliphatic hydroxyl groups is 2. The SMILES string of the molecule is OCC(O)CSC1CC1. The normalized spacial score (nSPS) is 22.0. The standard InChI is InChI=1S/C6H12O2S/c7-3-5(8)4-9-6-1-2-6/h5-8H,1-4H2. The average molecular weight is 148 g/mol. The molecule has 9 heavy (non-hydrogen) atoms. The van der Waals surface area contributed by atoms with Crippen LogP contribution >= 0.6 is 11.8 Å². The van der Waals surface area contributed by atoms with E-state index in [0.717, 1.165) is 5.25 Å². The van der Waals surface area contributed by atoms with Crippen molar-refractivity contribution >= 4 is 11.8 Å². The van der Waals surface area contributed by atoms with Gasteiger partial charge in [0.2, 0.25) is 0 Å². The zero-order chi connectivity index (χ0) is 6.69. The van der Waals surface area contributed by atoms with Crippen LogP contribution in [0.2, 0.25) is 0 Å². The van der Waals surface area contributed by atoms with Crippen molar-refractivity contribution < 1.29 is 10.2 Å². The molecule has 0 saturated heterocycles. The van der Waals surface area contributed by atoms with Gasteiger partial charge in [0, 0.05) is 11.0 Å². The molecule has 0 aliphatic heterocycles. The van der Waals surface area contributed by atoms with Crippen LogP contribution in [0.3, 0.4) is 0 Å². The van der Waals surface area contributed by atoms with Crippen LogP contribution in [0.5, 0.6) is 0 Å². The summed E-state index contributed by atoms with van der Waals surface area (Å²) in [6.07, 6.45) is 2.08. The van der Waals surface area contributed by atoms with Gasteiger partial charge in [0.25, 0.3) is 0 Å². The molecule has 0 aromatic carbocycles. The molecule has 3 heteroatoms. The summed E-state index contributed by atoms with van der Waals surface area (Å²) in [5.74, 6) is 0.696. The molecule has 1 aliphatic rings. The van der Waals surface area contributed by atoms with Crippen LogP contribution in [-0.4, -0.2) is 33.9 Å². The monoisotopic (exact) mass is 148 g/mol. The van der Waals surface area contributed by atoms with E-state index in [2.05, 4.69) is 0 Å². The van der Waals surface area contributed by atoms with Crippen molar-refractivity contribution in [2.45, 2.75) is 24.2 Å². The molecule has 0 aromatic heterocycles. The Balaban J connectivity index is 1.90. The zero-order valence-electron chi connectivity index (χ0n) is 5.29. The number of hydrogen-bond acceptors (Lipinski definition) is 3. The van der Waals surface area contributed by atoms with Crippen LogP contribution in [0.1, 0.15) is 12.8 Å². The highest BCUT2D eigenvalue weighted by atomic mass is 32.2. The highest BCUT2D eigenvalue weighted by Crippen LogP contribution is 2.34. The molecule has 1 fully saturated rings. The number of thioether (sulfide) groups is 1. The van der Waals surface area contributed by atoms with E-state index in [1.165, 1.54) is 12.8 Å². The van der Waals surface area contributed by atoms with E-state index >= 15 is 0 Å². The lowest BCUT2D eigenvalue weighted by Gasteiger charge is -2.03. The maximum atomic E-state index is 8.86. The summed E-state index contributed by atoms with van der Waals surface area (Å²) in [4.78, 5) is 0. The summed E-state index contributed by atoms with van der Waals surface area (Å²) in [6, 6.07) is 0. The van der Waals surface area contributed by atoms with Crippen molar-refractivity contribution in [2.24, 2.45) is 0 Å². The Morgan fingerprint density at radius 3 is 2.67 bits per heavy atom. The van der Waals surface area contributed by atoms with Gasteiger partial charge in [0.15, 0.2) is 0 Å². The molecule has 54 valence electrons. The fraction of sp³-hybridized carbons (Fsp3) is 1.00. The number of rotatable bonds is 4. The van der Waals surface area contributed by atoms with Crippen molar-refractivity contribution in [1.29, 1.82) is 0 Å². The van der Waals surface area contributed by atoms with Gasteiger partial charge in [-0.2, -0.15) is 11.8 Å². The number of aliphatic hydroxyl groups excluding tert-OH is 2. The van der Waals surface area contributed by atoms with Crippen molar-refractivity contribution in [1.82, 2.24) is 0 Å². The molecule has 0 aromatic rings. The van der Waals surface area contributed by atoms with Crippen LogP contribution in [0, 0.1) is 0 Å². The third-order valence-corrected chi connectivity index (χ3v) is 2.78. The van der Waals surface area contributed by atoms with E-state index in [0.29, 0.717) is 5.75 Å². The largest absolute Gasteiger partial charge is 0.394 e. The second-order valence-electron chi connectivity index (χ2n) is 2.37. The minimum absolute atomic E-state index is 0.0975. The van der Waals surface area contributed by atoms with E-state index in [-0.39, 0.29) is 6.61 Å².